The molecule has 6 heteroatoms. The lowest BCUT2D eigenvalue weighted by atomic mass is 9.97. The van der Waals surface area contributed by atoms with Gasteiger partial charge >= 0.3 is 5.97 Å². The van der Waals surface area contributed by atoms with Crippen molar-refractivity contribution in [2.24, 2.45) is 0 Å². The molecular formula is C16H15NO5. The molecule has 0 aliphatic rings. The molecule has 0 heterocycles. The van der Waals surface area contributed by atoms with Crippen LogP contribution in [0.4, 0.5) is 5.69 Å². The molecule has 22 heavy (non-hydrogen) atoms. The number of phenols is 2. The highest BCUT2D eigenvalue weighted by atomic mass is 16.4. The molecule has 0 aliphatic heterocycles. The maximum atomic E-state index is 12.6. The maximum absolute atomic E-state index is 12.6. The lowest BCUT2D eigenvalue weighted by Crippen LogP contribution is -2.16. The third kappa shape index (κ3) is 2.71. The van der Waals surface area contributed by atoms with Gasteiger partial charge in [-0.1, -0.05) is 12.1 Å². The van der Waals surface area contributed by atoms with E-state index in [0.717, 1.165) is 6.07 Å². The largest absolute Gasteiger partial charge is 0.507 e. The van der Waals surface area contributed by atoms with Crippen molar-refractivity contribution in [1.82, 2.24) is 0 Å². The number of anilines is 1. The smallest absolute Gasteiger partial charge is 0.335 e. The SMILES string of the molecule is CN(C)c1cc(C(=O)O)cc(O)c1C(=O)c1ccccc1O. The van der Waals surface area contributed by atoms with Crippen molar-refractivity contribution in [2.45, 2.75) is 0 Å². The Bertz CT molecular complexity index is 752. The summed E-state index contributed by atoms with van der Waals surface area (Å²) in [5.74, 6) is -2.45. The van der Waals surface area contributed by atoms with Crippen molar-refractivity contribution in [3.63, 3.8) is 0 Å². The van der Waals surface area contributed by atoms with Gasteiger partial charge < -0.3 is 20.2 Å². The Labute approximate surface area is 126 Å². The van der Waals surface area contributed by atoms with Crippen molar-refractivity contribution < 1.29 is 24.9 Å². The molecule has 0 radical (unpaired) electrons. The fourth-order valence-electron chi connectivity index (χ4n) is 2.12. The number of para-hydroxylation sites is 1. The summed E-state index contributed by atoms with van der Waals surface area (Å²) in [6, 6.07) is 8.28. The van der Waals surface area contributed by atoms with E-state index < -0.39 is 17.5 Å². The van der Waals surface area contributed by atoms with Gasteiger partial charge in [0.2, 0.25) is 5.78 Å². The van der Waals surface area contributed by atoms with Crippen LogP contribution in [0.15, 0.2) is 36.4 Å². The number of nitrogens with zero attached hydrogens (tertiary/aromatic N) is 1. The van der Waals surface area contributed by atoms with E-state index in [1.54, 1.807) is 26.2 Å². The quantitative estimate of drug-likeness (QED) is 0.748. The fourth-order valence-corrected chi connectivity index (χ4v) is 2.12. The molecule has 2 rings (SSSR count). The molecule has 0 saturated carbocycles. The maximum Gasteiger partial charge on any atom is 0.335 e. The van der Waals surface area contributed by atoms with Crippen LogP contribution in [0.1, 0.15) is 26.3 Å². The van der Waals surface area contributed by atoms with Crippen LogP contribution >= 0.6 is 0 Å². The number of carboxylic acid groups (broad SMARTS) is 1. The number of aromatic hydroxyl groups is 2. The number of carboxylic acids is 1. The highest BCUT2D eigenvalue weighted by molar-refractivity contribution is 6.16. The summed E-state index contributed by atoms with van der Waals surface area (Å²) in [5, 5.41) is 28.9. The average Bonchev–Trinajstić information content (AvgIpc) is 2.46. The zero-order valence-electron chi connectivity index (χ0n) is 12.1. The standard InChI is InChI=1S/C16H15NO5/c1-17(2)11-7-9(16(21)22)8-13(19)14(11)15(20)10-5-3-4-6-12(10)18/h3-8,18-19H,1-2H3,(H,21,22). The third-order valence-electron chi connectivity index (χ3n) is 3.20. The van der Waals surface area contributed by atoms with E-state index in [1.807, 2.05) is 0 Å². The van der Waals surface area contributed by atoms with Gasteiger partial charge in [0.15, 0.2) is 0 Å². The molecule has 0 aromatic heterocycles. The summed E-state index contributed by atoms with van der Waals surface area (Å²) >= 11 is 0. The molecule has 2 aromatic carbocycles. The summed E-state index contributed by atoms with van der Waals surface area (Å²) in [6.07, 6.45) is 0. The average molecular weight is 301 g/mol. The van der Waals surface area contributed by atoms with Crippen LogP contribution < -0.4 is 4.90 Å². The number of ketones is 1. The summed E-state index contributed by atoms with van der Waals surface area (Å²) in [5.41, 5.74) is 0.0983. The van der Waals surface area contributed by atoms with Gasteiger partial charge in [0.25, 0.3) is 0 Å². The molecule has 0 bridgehead atoms. The van der Waals surface area contributed by atoms with Gasteiger partial charge in [-0.3, -0.25) is 4.79 Å². The first-order valence-corrected chi connectivity index (χ1v) is 6.43. The second kappa shape index (κ2) is 5.77. The molecule has 6 nitrogen and oxygen atoms in total. The van der Waals surface area contributed by atoms with Crippen LogP contribution in [0.3, 0.4) is 0 Å². The number of hydrogen-bond donors (Lipinski definition) is 3. The number of carbonyl (C=O) groups excluding carboxylic acids is 1. The van der Waals surface area contributed by atoms with Crippen molar-refractivity contribution in [1.29, 1.82) is 0 Å². The predicted molar refractivity (Wildman–Crippen MR) is 80.9 cm³/mol. The Hall–Kier alpha value is -3.02. The molecule has 0 spiro atoms. The minimum atomic E-state index is -1.21. The van der Waals surface area contributed by atoms with Gasteiger partial charge in [0.05, 0.1) is 22.4 Å². The Morgan fingerprint density at radius 2 is 1.64 bits per heavy atom. The zero-order valence-corrected chi connectivity index (χ0v) is 12.1. The molecular weight excluding hydrogens is 286 g/mol. The lowest BCUT2D eigenvalue weighted by molar-refractivity contribution is 0.0696. The fraction of sp³-hybridized carbons (Fsp3) is 0.125. The minimum absolute atomic E-state index is 0.0315. The van der Waals surface area contributed by atoms with E-state index in [4.69, 9.17) is 5.11 Å². The molecule has 2 aromatic rings. The molecule has 3 N–H and O–H groups in total. The summed E-state index contributed by atoms with van der Waals surface area (Å²) in [7, 11) is 3.25. The highest BCUT2D eigenvalue weighted by Gasteiger charge is 2.23. The molecule has 114 valence electrons. The lowest BCUT2D eigenvalue weighted by Gasteiger charge is -2.19. The first-order valence-electron chi connectivity index (χ1n) is 6.43. The predicted octanol–water partition coefficient (Wildman–Crippen LogP) is 2.09. The van der Waals surface area contributed by atoms with E-state index in [9.17, 15) is 19.8 Å². The summed E-state index contributed by atoms with van der Waals surface area (Å²) < 4.78 is 0. The van der Waals surface area contributed by atoms with Crippen LogP contribution in [0, 0.1) is 0 Å². The van der Waals surface area contributed by atoms with Gasteiger partial charge in [0.1, 0.15) is 11.5 Å². The van der Waals surface area contributed by atoms with Gasteiger partial charge in [-0.05, 0) is 24.3 Å². The van der Waals surface area contributed by atoms with Crippen LogP contribution in [0.5, 0.6) is 11.5 Å². The van der Waals surface area contributed by atoms with E-state index in [-0.39, 0.29) is 28.1 Å². The number of phenolic OH excluding ortho intramolecular Hbond substituents is 2. The normalized spacial score (nSPS) is 10.3. The first-order chi connectivity index (χ1) is 10.3. The Morgan fingerprint density at radius 1 is 1.00 bits per heavy atom. The van der Waals surface area contributed by atoms with Crippen LogP contribution in [0.2, 0.25) is 0 Å². The minimum Gasteiger partial charge on any atom is -0.507 e. The van der Waals surface area contributed by atoms with Crippen LogP contribution in [0.25, 0.3) is 0 Å². The van der Waals surface area contributed by atoms with Crippen molar-refractivity contribution in [3.8, 4) is 11.5 Å². The molecule has 0 unspecified atom stereocenters. The monoisotopic (exact) mass is 301 g/mol. The van der Waals surface area contributed by atoms with Crippen molar-refractivity contribution in [2.75, 3.05) is 19.0 Å². The van der Waals surface area contributed by atoms with Gasteiger partial charge in [-0.15, -0.1) is 0 Å². The van der Waals surface area contributed by atoms with Crippen molar-refractivity contribution >= 4 is 17.4 Å². The topological polar surface area (TPSA) is 98.1 Å². The molecule has 0 fully saturated rings. The van der Waals surface area contributed by atoms with Crippen molar-refractivity contribution in [3.05, 3.63) is 53.1 Å². The second-order valence-electron chi connectivity index (χ2n) is 4.94. The highest BCUT2D eigenvalue weighted by Crippen LogP contribution is 2.33. The number of benzene rings is 2. The summed E-state index contributed by atoms with van der Waals surface area (Å²) in [6.45, 7) is 0. The first kappa shape index (κ1) is 15.4. The van der Waals surface area contributed by atoms with Gasteiger partial charge in [-0.2, -0.15) is 0 Å². The van der Waals surface area contributed by atoms with Gasteiger partial charge in [0, 0.05) is 14.1 Å². The van der Waals surface area contributed by atoms with E-state index >= 15 is 0 Å². The number of hydrogen-bond acceptors (Lipinski definition) is 5. The second-order valence-corrected chi connectivity index (χ2v) is 4.94. The Balaban J connectivity index is 2.67. The van der Waals surface area contributed by atoms with Crippen LogP contribution in [-0.4, -0.2) is 41.2 Å². The van der Waals surface area contributed by atoms with Crippen LogP contribution in [-0.2, 0) is 0 Å². The number of aromatic carboxylic acids is 1. The summed E-state index contributed by atoms with van der Waals surface area (Å²) in [4.78, 5) is 25.2. The molecule has 0 atom stereocenters. The zero-order chi connectivity index (χ0) is 16.4. The Kier molecular flexibility index (Phi) is 4.03. The third-order valence-corrected chi connectivity index (χ3v) is 3.20. The number of rotatable bonds is 4. The molecule has 0 saturated heterocycles. The molecule has 0 amide bonds. The van der Waals surface area contributed by atoms with E-state index in [0.29, 0.717) is 0 Å². The van der Waals surface area contributed by atoms with E-state index in [1.165, 1.54) is 23.1 Å². The Morgan fingerprint density at radius 3 is 2.18 bits per heavy atom. The van der Waals surface area contributed by atoms with E-state index in [2.05, 4.69) is 0 Å². The molecule has 0 aliphatic carbocycles. The number of carbonyl (C=O) groups is 2. The van der Waals surface area contributed by atoms with Gasteiger partial charge in [-0.25, -0.2) is 4.79 Å².